The van der Waals surface area contributed by atoms with Crippen LogP contribution in [0.5, 0.6) is 0 Å². The average Bonchev–Trinajstić information content (AvgIpc) is 3.27. The molecule has 1 aliphatic heterocycles. The second kappa shape index (κ2) is 14.5. The van der Waals surface area contributed by atoms with Crippen LogP contribution in [-0.2, 0) is 34.8 Å². The van der Waals surface area contributed by atoms with Gasteiger partial charge in [-0.15, -0.1) is 0 Å². The van der Waals surface area contributed by atoms with Gasteiger partial charge in [-0.05, 0) is 70.4 Å². The molecule has 2 amide bonds. The van der Waals surface area contributed by atoms with Crippen molar-refractivity contribution in [3.8, 4) is 0 Å². The summed E-state index contributed by atoms with van der Waals surface area (Å²) in [5.41, 5.74) is 0.375. The molecule has 2 aromatic rings. The number of alkyl carbamates (subject to hydrolysis) is 1. The molecule has 252 valence electrons. The van der Waals surface area contributed by atoms with Gasteiger partial charge in [0.05, 0.1) is 5.69 Å². The van der Waals surface area contributed by atoms with Gasteiger partial charge in [0.15, 0.2) is 26.0 Å². The summed E-state index contributed by atoms with van der Waals surface area (Å²) in [7, 11) is -2.65. The summed E-state index contributed by atoms with van der Waals surface area (Å²) in [6.45, 7) is 18.6. The summed E-state index contributed by atoms with van der Waals surface area (Å²) in [5.74, 6) is -1.77. The number of anilines is 1. The minimum absolute atomic E-state index is 0.00930. The second-order valence-corrected chi connectivity index (χ2v) is 19.0. The van der Waals surface area contributed by atoms with Gasteiger partial charge < -0.3 is 33.5 Å². The zero-order chi connectivity index (χ0) is 34.5. The fraction of sp³-hybridized carbons (Fsp3) is 0.529. The van der Waals surface area contributed by atoms with Crippen molar-refractivity contribution in [3.63, 3.8) is 0 Å². The van der Waals surface area contributed by atoms with E-state index in [2.05, 4.69) is 10.6 Å². The molecule has 0 aromatic heterocycles. The van der Waals surface area contributed by atoms with Crippen LogP contribution in [0.2, 0.25) is 18.1 Å². The topological polar surface area (TPSA) is 138 Å². The molecule has 4 atom stereocenters. The highest BCUT2D eigenvalue weighted by Gasteiger charge is 2.54. The Bertz CT molecular complexity index is 1380. The number of para-hydroxylation sites is 1. The molecule has 0 unspecified atom stereocenters. The van der Waals surface area contributed by atoms with E-state index in [1.165, 1.54) is 0 Å². The van der Waals surface area contributed by atoms with E-state index in [9.17, 15) is 19.2 Å². The second-order valence-electron chi connectivity index (χ2n) is 14.3. The van der Waals surface area contributed by atoms with Crippen molar-refractivity contribution in [1.82, 2.24) is 5.32 Å². The Morgan fingerprint density at radius 1 is 0.935 bits per heavy atom. The van der Waals surface area contributed by atoms with E-state index in [0.717, 1.165) is 5.56 Å². The Kier molecular flexibility index (Phi) is 11.6. The van der Waals surface area contributed by atoms with Crippen LogP contribution in [0.15, 0.2) is 54.6 Å². The summed E-state index contributed by atoms with van der Waals surface area (Å²) < 4.78 is 30.0. The van der Waals surface area contributed by atoms with Gasteiger partial charge in [-0.1, -0.05) is 63.2 Å². The summed E-state index contributed by atoms with van der Waals surface area (Å²) in [6, 6.07) is 14.3. The number of rotatable bonds is 11. The van der Waals surface area contributed by atoms with E-state index in [1.54, 1.807) is 58.9 Å². The first kappa shape index (κ1) is 36.9. The summed E-state index contributed by atoms with van der Waals surface area (Å²) in [5, 5.41) is 4.97. The number of hydrogen-bond donors (Lipinski definition) is 2. The number of ether oxygens (including phenoxy) is 4. The van der Waals surface area contributed by atoms with Crippen LogP contribution in [0.25, 0.3) is 0 Å². The molecule has 0 saturated carbocycles. The van der Waals surface area contributed by atoms with Crippen molar-refractivity contribution in [2.24, 2.45) is 0 Å². The molecule has 0 radical (unpaired) electrons. The van der Waals surface area contributed by atoms with Crippen LogP contribution in [-0.4, -0.2) is 68.3 Å². The molecule has 3 rings (SSSR count). The quantitative estimate of drug-likeness (QED) is 0.155. The highest BCUT2D eigenvalue weighted by molar-refractivity contribution is 6.74. The predicted molar refractivity (Wildman–Crippen MR) is 176 cm³/mol. The highest BCUT2D eigenvalue weighted by atomic mass is 28.4. The molecular formula is C34H48N2O9Si. The number of nitrogens with one attached hydrogen (secondary N) is 2. The monoisotopic (exact) mass is 656 g/mol. The van der Waals surface area contributed by atoms with Crippen LogP contribution < -0.4 is 10.6 Å². The molecule has 0 spiro atoms. The molecule has 0 aliphatic carbocycles. The van der Waals surface area contributed by atoms with Crippen molar-refractivity contribution >= 4 is 38.3 Å². The Morgan fingerprint density at radius 3 is 2.13 bits per heavy atom. The third-order valence-electron chi connectivity index (χ3n) is 7.77. The smallest absolute Gasteiger partial charge is 0.412 e. The molecule has 1 aliphatic rings. The van der Waals surface area contributed by atoms with Crippen molar-refractivity contribution in [3.05, 3.63) is 65.7 Å². The maximum atomic E-state index is 14.3. The summed E-state index contributed by atoms with van der Waals surface area (Å²) in [4.78, 5) is 52.5. The first-order valence-electron chi connectivity index (χ1n) is 15.3. The SMILES string of the molecule is CC(C)(C)OC(=O)Nc1ccccc1C(=O)[C@H]1OC(C)(C)O[C@H]1[C@H](O[Si](C)(C)C(C)(C)C)[C@@H](C=O)NC(=O)OCc1ccccc1. The molecule has 2 N–H and O–H groups in total. The lowest BCUT2D eigenvalue weighted by Gasteiger charge is -2.42. The largest absolute Gasteiger partial charge is 0.445 e. The molecule has 12 heteroatoms. The first-order valence-corrected chi connectivity index (χ1v) is 18.2. The summed E-state index contributed by atoms with van der Waals surface area (Å²) in [6.07, 6.45) is -4.55. The van der Waals surface area contributed by atoms with Gasteiger partial charge in [0, 0.05) is 5.56 Å². The van der Waals surface area contributed by atoms with Crippen LogP contribution in [0.1, 0.15) is 71.3 Å². The van der Waals surface area contributed by atoms with Gasteiger partial charge in [-0.3, -0.25) is 10.1 Å². The number of ketones is 1. The van der Waals surface area contributed by atoms with E-state index >= 15 is 0 Å². The standard InChI is InChI=1S/C34H48N2O9Si/c1-32(2,3)44-31(40)35-24-19-15-14-18-23(24)26(38)28-29(43-34(7,8)42-28)27(45-46(9,10)33(4,5)6)25(20-37)36-30(39)41-21-22-16-12-11-13-17-22/h11-20,25,27-29H,21H2,1-10H3,(H,35,40)(H,36,39)/t25-,27-,28-,29+/m1/s1. The Labute approximate surface area is 272 Å². The third-order valence-corrected chi connectivity index (χ3v) is 12.2. The minimum Gasteiger partial charge on any atom is -0.445 e. The van der Waals surface area contributed by atoms with Gasteiger partial charge in [0.25, 0.3) is 0 Å². The lowest BCUT2D eigenvalue weighted by atomic mass is 9.95. The fourth-order valence-corrected chi connectivity index (χ4v) is 5.88. The number of hydrogen-bond acceptors (Lipinski definition) is 9. The lowest BCUT2D eigenvalue weighted by molar-refractivity contribution is -0.155. The maximum Gasteiger partial charge on any atom is 0.412 e. The molecule has 11 nitrogen and oxygen atoms in total. The number of amides is 2. The Morgan fingerprint density at radius 2 is 1.54 bits per heavy atom. The number of aldehydes is 1. The molecule has 2 aromatic carbocycles. The van der Waals surface area contributed by atoms with Gasteiger partial charge in [-0.2, -0.15) is 0 Å². The maximum absolute atomic E-state index is 14.3. The molecule has 1 saturated heterocycles. The van der Waals surface area contributed by atoms with E-state index in [0.29, 0.717) is 6.29 Å². The Hall–Kier alpha value is -3.58. The highest BCUT2D eigenvalue weighted by Crippen LogP contribution is 2.41. The molecular weight excluding hydrogens is 608 g/mol. The number of carbonyl (C=O) groups is 4. The van der Waals surface area contributed by atoms with Crippen molar-refractivity contribution in [2.45, 2.75) is 116 Å². The number of carbonyl (C=O) groups excluding carboxylic acids is 4. The molecule has 0 bridgehead atoms. The number of Topliss-reactive ketones (excluding diaryl/α,β-unsaturated/α-hetero) is 1. The molecule has 1 fully saturated rings. The number of benzene rings is 2. The summed E-state index contributed by atoms with van der Waals surface area (Å²) >= 11 is 0. The van der Waals surface area contributed by atoms with Gasteiger partial charge in [-0.25, -0.2) is 9.59 Å². The lowest BCUT2D eigenvalue weighted by Crippen LogP contribution is -2.59. The third kappa shape index (κ3) is 9.96. The molecule has 1 heterocycles. The van der Waals surface area contributed by atoms with Gasteiger partial charge >= 0.3 is 12.2 Å². The average molecular weight is 657 g/mol. The van der Waals surface area contributed by atoms with Gasteiger partial charge in [0.2, 0.25) is 0 Å². The van der Waals surface area contributed by atoms with E-state index < -0.39 is 62.0 Å². The van der Waals surface area contributed by atoms with Crippen LogP contribution >= 0.6 is 0 Å². The molecule has 46 heavy (non-hydrogen) atoms. The minimum atomic E-state index is -2.65. The van der Waals surface area contributed by atoms with E-state index in [4.69, 9.17) is 23.4 Å². The predicted octanol–water partition coefficient (Wildman–Crippen LogP) is 6.62. The Balaban J connectivity index is 1.98. The first-order chi connectivity index (χ1) is 21.2. The van der Waals surface area contributed by atoms with Crippen LogP contribution in [0.3, 0.4) is 0 Å². The zero-order valence-electron chi connectivity index (χ0n) is 28.5. The van der Waals surface area contributed by atoms with E-state index in [1.807, 2.05) is 64.2 Å². The van der Waals surface area contributed by atoms with Crippen molar-refractivity contribution in [1.29, 1.82) is 0 Å². The van der Waals surface area contributed by atoms with Gasteiger partial charge in [0.1, 0.15) is 36.7 Å². The van der Waals surface area contributed by atoms with Crippen LogP contribution in [0.4, 0.5) is 15.3 Å². The van der Waals surface area contributed by atoms with Crippen molar-refractivity contribution < 1.29 is 42.6 Å². The fourth-order valence-electron chi connectivity index (χ4n) is 4.56. The van der Waals surface area contributed by atoms with E-state index in [-0.39, 0.29) is 22.9 Å². The zero-order valence-corrected chi connectivity index (χ0v) is 29.5. The van der Waals surface area contributed by atoms with Crippen LogP contribution in [0, 0.1) is 0 Å². The normalized spacial score (nSPS) is 19.4. The van der Waals surface area contributed by atoms with Crippen molar-refractivity contribution in [2.75, 3.05) is 5.32 Å².